The first-order chi connectivity index (χ1) is 19.1. The van der Waals surface area contributed by atoms with Gasteiger partial charge in [-0.1, -0.05) is 26.0 Å². The molecule has 1 amide bonds. The van der Waals surface area contributed by atoms with E-state index in [9.17, 15) is 31.5 Å². The molecule has 0 aliphatic heterocycles. The number of aromatic nitrogens is 3. The van der Waals surface area contributed by atoms with E-state index in [1.807, 2.05) is 13.8 Å². The van der Waals surface area contributed by atoms with E-state index in [0.717, 1.165) is 10.6 Å². The van der Waals surface area contributed by atoms with Crippen LogP contribution >= 0.6 is 0 Å². The molecule has 0 aliphatic carbocycles. The molecule has 11 nitrogen and oxygen atoms in total. The fourth-order valence-electron chi connectivity index (χ4n) is 3.97. The van der Waals surface area contributed by atoms with E-state index in [1.54, 1.807) is 25.2 Å². The van der Waals surface area contributed by atoms with Crippen LogP contribution in [0.15, 0.2) is 48.8 Å². The summed E-state index contributed by atoms with van der Waals surface area (Å²) < 4.78 is 66.2. The normalized spacial score (nSPS) is 12.6. The monoisotopic (exact) mass is 595 g/mol. The van der Waals surface area contributed by atoms with Crippen LogP contribution in [0.1, 0.15) is 35.3 Å². The van der Waals surface area contributed by atoms with Crippen molar-refractivity contribution in [3.05, 3.63) is 65.5 Å². The third-order valence-electron chi connectivity index (χ3n) is 6.34. The van der Waals surface area contributed by atoms with Gasteiger partial charge in [0.25, 0.3) is 5.91 Å². The second-order valence-corrected chi connectivity index (χ2v) is 11.7. The van der Waals surface area contributed by atoms with E-state index in [1.165, 1.54) is 36.3 Å². The molecule has 0 fully saturated rings. The lowest BCUT2D eigenvalue weighted by molar-refractivity contribution is -0.137. The van der Waals surface area contributed by atoms with Crippen LogP contribution in [-0.4, -0.2) is 72.3 Å². The van der Waals surface area contributed by atoms with Crippen LogP contribution in [0, 0.1) is 5.92 Å². The maximum absolute atomic E-state index is 13.8. The first-order valence-corrected chi connectivity index (χ1v) is 14.3. The summed E-state index contributed by atoms with van der Waals surface area (Å²) in [5, 5.41) is 15.1. The third-order valence-corrected chi connectivity index (χ3v) is 7.51. The van der Waals surface area contributed by atoms with Crippen molar-refractivity contribution in [2.24, 2.45) is 5.92 Å². The number of carbonyl (C=O) groups excluding carboxylic acids is 1. The molecule has 3 rings (SSSR count). The Morgan fingerprint density at radius 1 is 1.12 bits per heavy atom. The van der Waals surface area contributed by atoms with Crippen LogP contribution < -0.4 is 14.9 Å². The number of nitrogens with zero attached hydrogens (tertiary/aromatic N) is 5. The fourth-order valence-corrected chi connectivity index (χ4v) is 4.44. The number of sulfonamides is 1. The van der Waals surface area contributed by atoms with Crippen molar-refractivity contribution >= 4 is 39.2 Å². The van der Waals surface area contributed by atoms with Gasteiger partial charge in [-0.25, -0.2) is 18.4 Å². The third kappa shape index (κ3) is 7.82. The highest BCUT2D eigenvalue weighted by molar-refractivity contribution is 7.92. The second kappa shape index (κ2) is 12.7. The van der Waals surface area contributed by atoms with Crippen molar-refractivity contribution in [2.75, 3.05) is 41.9 Å². The highest BCUT2D eigenvalue weighted by Crippen LogP contribution is 2.34. The van der Waals surface area contributed by atoms with Crippen LogP contribution in [-0.2, 0) is 22.7 Å². The first kappa shape index (κ1) is 31.5. The van der Waals surface area contributed by atoms with Gasteiger partial charge in [0.15, 0.2) is 0 Å². The van der Waals surface area contributed by atoms with Gasteiger partial charge in [-0.2, -0.15) is 18.2 Å². The standard InChI is InChI=1S/C26H32F3N7O4S/c1-16(2)21(15-37)35(3)24(38)17-8-6-10-19(12-17)33-25-32-14-20(26(27,28)29)22(34-25)31-13-18-9-7-11-30-23(18)36(4)41(5,39)40/h6-12,14,16,21,37H,13,15H2,1-5H3,(H2,31,32,33,34)/t21-/m0/s1. The molecule has 0 unspecified atom stereocenters. The van der Waals surface area contributed by atoms with Gasteiger partial charge in [-0.3, -0.25) is 9.10 Å². The number of halogens is 3. The minimum atomic E-state index is -4.78. The Hall–Kier alpha value is -3.98. The number of carbonyl (C=O) groups is 1. The summed E-state index contributed by atoms with van der Waals surface area (Å²) in [6.45, 7) is 3.34. The minimum Gasteiger partial charge on any atom is -0.394 e. The number of rotatable bonds is 11. The molecule has 222 valence electrons. The summed E-state index contributed by atoms with van der Waals surface area (Å²) in [7, 11) is -0.797. The number of aliphatic hydroxyl groups excluding tert-OH is 1. The predicted octanol–water partition coefficient (Wildman–Crippen LogP) is 3.73. The molecule has 0 spiro atoms. The summed E-state index contributed by atoms with van der Waals surface area (Å²) in [5.74, 6) is -0.995. The van der Waals surface area contributed by atoms with Gasteiger partial charge in [0, 0.05) is 49.8 Å². The van der Waals surface area contributed by atoms with E-state index < -0.39 is 33.6 Å². The fraction of sp³-hybridized carbons (Fsp3) is 0.385. The van der Waals surface area contributed by atoms with E-state index in [2.05, 4.69) is 25.6 Å². The number of aliphatic hydroxyl groups is 1. The van der Waals surface area contributed by atoms with Gasteiger partial charge >= 0.3 is 6.18 Å². The summed E-state index contributed by atoms with van der Waals surface area (Å²) >= 11 is 0. The Balaban J connectivity index is 1.89. The largest absolute Gasteiger partial charge is 0.421 e. The van der Waals surface area contributed by atoms with Crippen molar-refractivity contribution in [3.8, 4) is 0 Å². The number of pyridine rings is 1. The number of hydrogen-bond acceptors (Lipinski definition) is 9. The molecule has 1 aromatic carbocycles. The average Bonchev–Trinajstić information content (AvgIpc) is 2.90. The maximum Gasteiger partial charge on any atom is 0.421 e. The molecule has 3 aromatic rings. The first-order valence-electron chi connectivity index (χ1n) is 12.4. The Morgan fingerprint density at radius 2 is 1.83 bits per heavy atom. The molecule has 41 heavy (non-hydrogen) atoms. The van der Waals surface area contributed by atoms with Gasteiger partial charge in [-0.05, 0) is 30.2 Å². The molecular formula is C26H32F3N7O4S. The highest BCUT2D eigenvalue weighted by Gasteiger charge is 2.35. The van der Waals surface area contributed by atoms with Crippen LogP contribution in [0.25, 0.3) is 0 Å². The number of benzene rings is 1. The lowest BCUT2D eigenvalue weighted by Crippen LogP contribution is -2.42. The second-order valence-electron chi connectivity index (χ2n) is 9.64. The number of anilines is 4. The molecule has 2 aromatic heterocycles. The van der Waals surface area contributed by atoms with Gasteiger partial charge in [0.1, 0.15) is 17.2 Å². The van der Waals surface area contributed by atoms with Crippen LogP contribution in [0.5, 0.6) is 0 Å². The SMILES string of the molecule is CC(C)[C@H](CO)N(C)C(=O)c1cccc(Nc2ncc(C(F)(F)F)c(NCc3cccnc3N(C)S(C)(=O)=O)n2)c1. The minimum absolute atomic E-state index is 0.0104. The molecule has 0 saturated carbocycles. The topological polar surface area (TPSA) is 141 Å². The predicted molar refractivity (Wildman–Crippen MR) is 149 cm³/mol. The Labute approximate surface area is 236 Å². The molecule has 0 saturated heterocycles. The number of hydrogen-bond donors (Lipinski definition) is 3. The van der Waals surface area contributed by atoms with Crippen molar-refractivity contribution in [2.45, 2.75) is 32.6 Å². The van der Waals surface area contributed by atoms with Crippen molar-refractivity contribution in [1.82, 2.24) is 19.9 Å². The van der Waals surface area contributed by atoms with Crippen molar-refractivity contribution in [3.63, 3.8) is 0 Å². The lowest BCUT2D eigenvalue weighted by Gasteiger charge is -2.29. The molecule has 0 bridgehead atoms. The number of nitrogens with one attached hydrogen (secondary N) is 2. The van der Waals surface area contributed by atoms with E-state index in [-0.39, 0.29) is 36.7 Å². The molecule has 1 atom stereocenters. The smallest absolute Gasteiger partial charge is 0.394 e. The molecule has 3 N–H and O–H groups in total. The number of alkyl halides is 3. The van der Waals surface area contributed by atoms with Crippen molar-refractivity contribution < 1.29 is 31.5 Å². The number of amides is 1. The number of likely N-dealkylation sites (N-methyl/N-ethyl adjacent to an activating group) is 1. The van der Waals surface area contributed by atoms with Crippen molar-refractivity contribution in [1.29, 1.82) is 0 Å². The molecule has 2 heterocycles. The highest BCUT2D eigenvalue weighted by atomic mass is 32.2. The van der Waals surface area contributed by atoms with Gasteiger partial charge in [-0.15, -0.1) is 0 Å². The summed E-state index contributed by atoms with van der Waals surface area (Å²) in [4.78, 5) is 26.3. The zero-order chi connectivity index (χ0) is 30.5. The lowest BCUT2D eigenvalue weighted by atomic mass is 10.0. The zero-order valence-electron chi connectivity index (χ0n) is 23.1. The van der Waals surface area contributed by atoms with E-state index >= 15 is 0 Å². The molecule has 0 radical (unpaired) electrons. The molecule has 0 aliphatic rings. The van der Waals surface area contributed by atoms with Gasteiger partial charge in [0.05, 0.1) is 18.9 Å². The zero-order valence-corrected chi connectivity index (χ0v) is 24.0. The Morgan fingerprint density at radius 3 is 2.44 bits per heavy atom. The van der Waals surface area contributed by atoms with E-state index in [4.69, 9.17) is 0 Å². The molecular weight excluding hydrogens is 563 g/mol. The quantitative estimate of drug-likeness (QED) is 0.302. The average molecular weight is 596 g/mol. The summed E-state index contributed by atoms with van der Waals surface area (Å²) in [6, 6.07) is 8.94. The van der Waals surface area contributed by atoms with Gasteiger partial charge < -0.3 is 20.6 Å². The Kier molecular flexibility index (Phi) is 9.76. The summed E-state index contributed by atoms with van der Waals surface area (Å²) in [6.07, 6.45) is -1.79. The van der Waals surface area contributed by atoms with Crippen LogP contribution in [0.3, 0.4) is 0 Å². The Bertz CT molecular complexity index is 1490. The van der Waals surface area contributed by atoms with E-state index in [0.29, 0.717) is 23.0 Å². The van der Waals surface area contributed by atoms with Gasteiger partial charge in [0.2, 0.25) is 16.0 Å². The van der Waals surface area contributed by atoms with Crippen LogP contribution in [0.2, 0.25) is 0 Å². The van der Waals surface area contributed by atoms with Crippen LogP contribution in [0.4, 0.5) is 36.4 Å². The maximum atomic E-state index is 13.8. The summed E-state index contributed by atoms with van der Waals surface area (Å²) in [5.41, 5.74) is -0.163. The molecule has 15 heteroatoms.